The van der Waals surface area contributed by atoms with E-state index in [0.29, 0.717) is 26.4 Å². The zero-order valence-electron chi connectivity index (χ0n) is 14.6. The van der Waals surface area contributed by atoms with Crippen molar-refractivity contribution < 1.29 is 14.1 Å². The molecule has 0 spiro atoms. The number of anilines is 1. The van der Waals surface area contributed by atoms with Crippen LogP contribution in [-0.4, -0.2) is 15.2 Å². The molecule has 9 heteroatoms. The van der Waals surface area contributed by atoms with Gasteiger partial charge in [-0.1, -0.05) is 36.1 Å². The number of carbonyl (C=O) groups excluding carboxylic acids is 1. The second-order valence-corrected chi connectivity index (χ2v) is 8.92. The minimum absolute atomic E-state index is 0.0477. The smallest absolute Gasteiger partial charge is 0.270 e. The Morgan fingerprint density at radius 2 is 1.76 bits per heavy atom. The molecule has 1 aliphatic rings. The summed E-state index contributed by atoms with van der Waals surface area (Å²) in [4.78, 5) is 24.9. The Labute approximate surface area is 188 Å². The van der Waals surface area contributed by atoms with Crippen molar-refractivity contribution in [2.75, 3.05) is 4.90 Å². The average Bonchev–Trinajstić information content (AvgIpc) is 3.27. The number of benzene rings is 2. The number of furan rings is 1. The molecule has 0 atom stereocenters. The zero-order valence-corrected chi connectivity index (χ0v) is 18.4. The molecule has 4 rings (SSSR count). The second-order valence-electron chi connectivity index (χ2n) is 6.00. The molecule has 0 saturated carbocycles. The number of amides is 1. The number of thiocarbonyl (C=S) groups is 1. The van der Waals surface area contributed by atoms with Gasteiger partial charge in [-0.25, -0.2) is 0 Å². The standard InChI is InChI=1S/C20H11IN2O4S2/c21-13-3-1-12(2-4-13)17-10-9-16(27-17)11-18-19(24)22(20(28)29-18)14-5-7-15(8-6-14)23(25)26/h1-11H/b18-11+. The third-order valence-electron chi connectivity index (χ3n) is 4.14. The Bertz CT molecular complexity index is 1150. The summed E-state index contributed by atoms with van der Waals surface area (Å²) in [5.74, 6) is 0.960. The van der Waals surface area contributed by atoms with Crippen LogP contribution in [0.5, 0.6) is 0 Å². The van der Waals surface area contributed by atoms with Crippen molar-refractivity contribution in [3.8, 4) is 11.3 Å². The second kappa shape index (κ2) is 8.09. The van der Waals surface area contributed by atoms with E-state index in [2.05, 4.69) is 22.6 Å². The summed E-state index contributed by atoms with van der Waals surface area (Å²) in [7, 11) is 0. The Balaban J connectivity index is 1.58. The SMILES string of the molecule is O=C1/C(=C\c2ccc(-c3ccc(I)cc3)o2)SC(=S)N1c1ccc([N+](=O)[O-])cc1. The minimum atomic E-state index is -0.490. The number of nitro benzene ring substituents is 1. The maximum Gasteiger partial charge on any atom is 0.270 e. The molecular formula is C20H11IN2O4S2. The third kappa shape index (κ3) is 4.11. The van der Waals surface area contributed by atoms with E-state index in [0.717, 1.165) is 20.9 Å². The number of hydrogen-bond acceptors (Lipinski definition) is 6. The average molecular weight is 534 g/mol. The minimum Gasteiger partial charge on any atom is -0.457 e. The van der Waals surface area contributed by atoms with Crippen molar-refractivity contribution in [2.45, 2.75) is 0 Å². The van der Waals surface area contributed by atoms with Crippen LogP contribution in [0.4, 0.5) is 11.4 Å². The highest BCUT2D eigenvalue weighted by Crippen LogP contribution is 2.37. The molecule has 144 valence electrons. The lowest BCUT2D eigenvalue weighted by molar-refractivity contribution is -0.384. The number of non-ortho nitro benzene ring substituents is 1. The highest BCUT2D eigenvalue weighted by atomic mass is 127. The van der Waals surface area contributed by atoms with E-state index in [1.54, 1.807) is 12.1 Å². The molecule has 1 amide bonds. The lowest BCUT2D eigenvalue weighted by atomic mass is 10.2. The van der Waals surface area contributed by atoms with Crippen molar-refractivity contribution in [1.82, 2.24) is 0 Å². The van der Waals surface area contributed by atoms with Crippen LogP contribution >= 0.6 is 46.6 Å². The molecule has 6 nitrogen and oxygen atoms in total. The van der Waals surface area contributed by atoms with Gasteiger partial charge in [-0.2, -0.15) is 0 Å². The molecule has 29 heavy (non-hydrogen) atoms. The summed E-state index contributed by atoms with van der Waals surface area (Å²) < 4.78 is 7.35. The molecule has 2 heterocycles. The molecule has 0 N–H and O–H groups in total. The molecule has 1 aromatic heterocycles. The number of hydrogen-bond donors (Lipinski definition) is 0. The number of halogens is 1. The van der Waals surface area contributed by atoms with Crippen LogP contribution < -0.4 is 4.90 Å². The van der Waals surface area contributed by atoms with Crippen LogP contribution in [0.2, 0.25) is 0 Å². The topological polar surface area (TPSA) is 76.6 Å². The lowest BCUT2D eigenvalue weighted by Crippen LogP contribution is -2.27. The molecule has 0 radical (unpaired) electrons. The molecule has 0 bridgehead atoms. The predicted octanol–water partition coefficient (Wildman–Crippen LogP) is 5.87. The van der Waals surface area contributed by atoms with Crippen molar-refractivity contribution in [3.05, 3.63) is 85.0 Å². The van der Waals surface area contributed by atoms with Crippen LogP contribution in [0.3, 0.4) is 0 Å². The highest BCUT2D eigenvalue weighted by Gasteiger charge is 2.33. The first-order chi connectivity index (χ1) is 13.9. The van der Waals surface area contributed by atoms with Crippen molar-refractivity contribution in [2.24, 2.45) is 0 Å². The quantitative estimate of drug-likeness (QED) is 0.137. The Hall–Kier alpha value is -2.50. The van der Waals surface area contributed by atoms with E-state index in [1.165, 1.54) is 29.2 Å². The fraction of sp³-hybridized carbons (Fsp3) is 0. The first-order valence-corrected chi connectivity index (χ1v) is 10.6. The molecule has 1 saturated heterocycles. The van der Waals surface area contributed by atoms with Gasteiger partial charge in [0.05, 0.1) is 15.5 Å². The number of carbonyl (C=O) groups is 1. The monoisotopic (exact) mass is 534 g/mol. The van der Waals surface area contributed by atoms with E-state index >= 15 is 0 Å². The molecule has 1 aliphatic heterocycles. The Morgan fingerprint density at radius 1 is 1.07 bits per heavy atom. The van der Waals surface area contributed by atoms with Gasteiger partial charge in [0, 0.05) is 27.3 Å². The summed E-state index contributed by atoms with van der Waals surface area (Å²) in [5.41, 5.74) is 1.39. The molecule has 0 unspecified atom stereocenters. The van der Waals surface area contributed by atoms with Gasteiger partial charge in [0.25, 0.3) is 11.6 Å². The number of nitrogens with zero attached hydrogens (tertiary/aromatic N) is 2. The predicted molar refractivity (Wildman–Crippen MR) is 126 cm³/mol. The van der Waals surface area contributed by atoms with Gasteiger partial charge in [0.1, 0.15) is 11.5 Å². The molecule has 0 aliphatic carbocycles. The van der Waals surface area contributed by atoms with Gasteiger partial charge < -0.3 is 4.42 Å². The fourth-order valence-electron chi connectivity index (χ4n) is 2.74. The summed E-state index contributed by atoms with van der Waals surface area (Å²) in [6.07, 6.45) is 1.65. The van der Waals surface area contributed by atoms with E-state index in [1.807, 2.05) is 30.3 Å². The van der Waals surface area contributed by atoms with E-state index in [4.69, 9.17) is 16.6 Å². The van der Waals surface area contributed by atoms with Crippen molar-refractivity contribution in [1.29, 1.82) is 0 Å². The van der Waals surface area contributed by atoms with Gasteiger partial charge in [-0.05, 0) is 59.0 Å². The molecule has 3 aromatic rings. The van der Waals surface area contributed by atoms with Crippen molar-refractivity contribution in [3.63, 3.8) is 0 Å². The van der Waals surface area contributed by atoms with Gasteiger partial charge in [0.2, 0.25) is 0 Å². The van der Waals surface area contributed by atoms with E-state index in [9.17, 15) is 14.9 Å². The summed E-state index contributed by atoms with van der Waals surface area (Å²) in [5, 5.41) is 10.8. The maximum atomic E-state index is 12.8. The first kappa shape index (κ1) is 19.8. The summed E-state index contributed by atoms with van der Waals surface area (Å²) in [6.45, 7) is 0. The van der Waals surface area contributed by atoms with E-state index in [-0.39, 0.29) is 11.6 Å². The molecular weight excluding hydrogens is 523 g/mol. The van der Waals surface area contributed by atoms with Crippen LogP contribution in [-0.2, 0) is 4.79 Å². The Morgan fingerprint density at radius 3 is 2.41 bits per heavy atom. The number of thioether (sulfide) groups is 1. The van der Waals surface area contributed by atoms with Crippen LogP contribution in [0, 0.1) is 13.7 Å². The highest BCUT2D eigenvalue weighted by molar-refractivity contribution is 14.1. The summed E-state index contributed by atoms with van der Waals surface area (Å²) >= 11 is 8.74. The molecule has 1 fully saturated rings. The first-order valence-electron chi connectivity index (χ1n) is 8.30. The third-order valence-corrected chi connectivity index (χ3v) is 6.16. The maximum absolute atomic E-state index is 12.8. The largest absolute Gasteiger partial charge is 0.457 e. The van der Waals surface area contributed by atoms with Gasteiger partial charge in [-0.3, -0.25) is 19.8 Å². The van der Waals surface area contributed by atoms with Gasteiger partial charge in [0.15, 0.2) is 4.32 Å². The van der Waals surface area contributed by atoms with Crippen molar-refractivity contribution >= 4 is 74.2 Å². The Kier molecular flexibility index (Phi) is 5.52. The fourth-order valence-corrected chi connectivity index (χ4v) is 4.38. The summed E-state index contributed by atoms with van der Waals surface area (Å²) in [6, 6.07) is 17.3. The lowest BCUT2D eigenvalue weighted by Gasteiger charge is -2.13. The molecule has 2 aromatic carbocycles. The van der Waals surface area contributed by atoms with Crippen LogP contribution in [0.15, 0.2) is 70.0 Å². The van der Waals surface area contributed by atoms with Crippen LogP contribution in [0.1, 0.15) is 5.76 Å². The zero-order chi connectivity index (χ0) is 20.5. The van der Waals surface area contributed by atoms with Crippen LogP contribution in [0.25, 0.3) is 17.4 Å². The van der Waals surface area contributed by atoms with Gasteiger partial charge in [-0.15, -0.1) is 0 Å². The normalized spacial score (nSPS) is 15.3. The number of nitro groups is 1. The van der Waals surface area contributed by atoms with E-state index < -0.39 is 4.92 Å². The van der Waals surface area contributed by atoms with Gasteiger partial charge >= 0.3 is 0 Å². The number of rotatable bonds is 4.